The monoisotopic (exact) mass is 342 g/mol. The van der Waals surface area contributed by atoms with Gasteiger partial charge in [0.25, 0.3) is 0 Å². The van der Waals surface area contributed by atoms with E-state index in [-0.39, 0.29) is 12.4 Å². The zero-order chi connectivity index (χ0) is 17.8. The summed E-state index contributed by atoms with van der Waals surface area (Å²) in [6.45, 7) is 4.21. The third-order valence-electron chi connectivity index (χ3n) is 4.86. The van der Waals surface area contributed by atoms with Gasteiger partial charge in [0, 0.05) is 17.5 Å². The smallest absolute Gasteiger partial charge is 0.159 e. The highest BCUT2D eigenvalue weighted by molar-refractivity contribution is 5.95. The molecule has 25 heavy (non-hydrogen) atoms. The number of carbonyl (C=O) groups is 1. The molecule has 2 heterocycles. The summed E-state index contributed by atoms with van der Waals surface area (Å²) in [5.74, 6) is 2.19. The van der Waals surface area contributed by atoms with Crippen molar-refractivity contribution >= 4 is 5.78 Å². The Morgan fingerprint density at radius 3 is 2.76 bits per heavy atom. The third kappa shape index (κ3) is 4.32. The van der Waals surface area contributed by atoms with Gasteiger partial charge in [-0.25, -0.2) is 9.67 Å². The third-order valence-corrected chi connectivity index (χ3v) is 4.86. The second-order valence-electron chi connectivity index (χ2n) is 6.89. The number of likely N-dealkylation sites (tertiary alicyclic amines) is 1. The van der Waals surface area contributed by atoms with E-state index in [1.54, 1.807) is 17.7 Å². The van der Waals surface area contributed by atoms with E-state index in [0.29, 0.717) is 18.0 Å². The maximum atomic E-state index is 11.6. The Bertz CT molecular complexity index is 733. The number of rotatable bonds is 6. The molecule has 1 fully saturated rings. The topological polar surface area (TPSA) is 71.2 Å². The number of hydrogen-bond donors (Lipinski definition) is 1. The highest BCUT2D eigenvalue weighted by Crippen LogP contribution is 2.23. The highest BCUT2D eigenvalue weighted by atomic mass is 16.3. The number of carbonyl (C=O) groups excluding carboxylic acids is 1. The molecule has 1 N–H and O–H groups in total. The molecule has 0 spiro atoms. The van der Waals surface area contributed by atoms with Crippen LogP contribution in [-0.4, -0.2) is 57.3 Å². The lowest BCUT2D eigenvalue weighted by molar-refractivity contribution is 0.101. The van der Waals surface area contributed by atoms with E-state index in [0.717, 1.165) is 36.7 Å². The Morgan fingerprint density at radius 1 is 1.32 bits per heavy atom. The molecule has 3 rings (SSSR count). The lowest BCUT2D eigenvalue weighted by atomic mass is 9.94. The molecule has 0 radical (unpaired) electrons. The standard InChI is InChI=1S/C19H26N4O2/c1-14(25)16-4-3-5-17(13-16)19-20-18(21-23(19)10-11-24)12-15-6-8-22(2)9-7-15/h3-5,13,15,24H,6-12H2,1-2H3. The number of aliphatic hydroxyl groups is 1. The zero-order valence-corrected chi connectivity index (χ0v) is 15.0. The number of Topliss-reactive ketones (excluding diaryl/α,β-unsaturated/α-hetero) is 1. The van der Waals surface area contributed by atoms with Gasteiger partial charge in [0.2, 0.25) is 0 Å². The first-order valence-electron chi connectivity index (χ1n) is 8.91. The molecule has 6 nitrogen and oxygen atoms in total. The van der Waals surface area contributed by atoms with Crippen LogP contribution in [0, 0.1) is 5.92 Å². The average Bonchev–Trinajstić information content (AvgIpc) is 3.00. The Hall–Kier alpha value is -2.05. The van der Waals surface area contributed by atoms with Crippen molar-refractivity contribution < 1.29 is 9.90 Å². The second-order valence-corrected chi connectivity index (χ2v) is 6.89. The van der Waals surface area contributed by atoms with Crippen molar-refractivity contribution in [1.82, 2.24) is 19.7 Å². The molecular formula is C19H26N4O2. The van der Waals surface area contributed by atoms with Crippen molar-refractivity contribution in [3.05, 3.63) is 35.7 Å². The Morgan fingerprint density at radius 2 is 2.08 bits per heavy atom. The molecule has 0 bridgehead atoms. The van der Waals surface area contributed by atoms with Crippen molar-refractivity contribution in [1.29, 1.82) is 0 Å². The van der Waals surface area contributed by atoms with Gasteiger partial charge in [-0.05, 0) is 51.9 Å². The lowest BCUT2D eigenvalue weighted by Gasteiger charge is -2.28. The quantitative estimate of drug-likeness (QED) is 0.813. The molecule has 134 valence electrons. The zero-order valence-electron chi connectivity index (χ0n) is 15.0. The molecule has 0 aliphatic carbocycles. The summed E-state index contributed by atoms with van der Waals surface area (Å²) in [7, 11) is 2.16. The van der Waals surface area contributed by atoms with Gasteiger partial charge in [-0.15, -0.1) is 0 Å². The lowest BCUT2D eigenvalue weighted by Crippen LogP contribution is -2.31. The van der Waals surface area contributed by atoms with Gasteiger partial charge in [0.15, 0.2) is 17.4 Å². The molecule has 0 atom stereocenters. The average molecular weight is 342 g/mol. The summed E-state index contributed by atoms with van der Waals surface area (Å²) in [6, 6.07) is 7.45. The Balaban J connectivity index is 1.84. The number of aliphatic hydroxyl groups excluding tert-OH is 1. The van der Waals surface area contributed by atoms with Crippen molar-refractivity contribution in [2.75, 3.05) is 26.7 Å². The van der Waals surface area contributed by atoms with E-state index in [4.69, 9.17) is 4.98 Å². The van der Waals surface area contributed by atoms with Gasteiger partial charge in [-0.3, -0.25) is 4.79 Å². The number of ketones is 1. The van der Waals surface area contributed by atoms with Gasteiger partial charge in [-0.2, -0.15) is 5.10 Å². The molecule has 0 amide bonds. The van der Waals surface area contributed by atoms with Crippen LogP contribution < -0.4 is 0 Å². The molecule has 0 unspecified atom stereocenters. The van der Waals surface area contributed by atoms with Crippen molar-refractivity contribution in [3.8, 4) is 11.4 Å². The number of piperidine rings is 1. The van der Waals surface area contributed by atoms with Crippen LogP contribution in [0.1, 0.15) is 35.9 Å². The molecule has 6 heteroatoms. The van der Waals surface area contributed by atoms with Gasteiger partial charge < -0.3 is 10.0 Å². The summed E-state index contributed by atoms with van der Waals surface area (Å²) < 4.78 is 1.75. The number of nitrogens with zero attached hydrogens (tertiary/aromatic N) is 4. The molecule has 1 saturated heterocycles. The summed E-state index contributed by atoms with van der Waals surface area (Å²) in [4.78, 5) is 18.7. The molecule has 1 aromatic carbocycles. The fraction of sp³-hybridized carbons (Fsp3) is 0.526. The fourth-order valence-corrected chi connectivity index (χ4v) is 3.34. The van der Waals surface area contributed by atoms with Crippen molar-refractivity contribution in [2.45, 2.75) is 32.7 Å². The number of aromatic nitrogens is 3. The van der Waals surface area contributed by atoms with Gasteiger partial charge in [0.05, 0.1) is 13.2 Å². The molecule has 1 aromatic heterocycles. The van der Waals surface area contributed by atoms with Crippen LogP contribution in [0.4, 0.5) is 0 Å². The van der Waals surface area contributed by atoms with E-state index < -0.39 is 0 Å². The van der Waals surface area contributed by atoms with Crippen LogP contribution in [0.25, 0.3) is 11.4 Å². The van der Waals surface area contributed by atoms with Crippen LogP contribution in [0.3, 0.4) is 0 Å². The van der Waals surface area contributed by atoms with Crippen LogP contribution in [0.5, 0.6) is 0 Å². The summed E-state index contributed by atoms with van der Waals surface area (Å²) in [5, 5.41) is 14.0. The minimum Gasteiger partial charge on any atom is -0.394 e. The minimum atomic E-state index is 0.0103. The number of benzene rings is 1. The van der Waals surface area contributed by atoms with Crippen LogP contribution in [0.15, 0.2) is 24.3 Å². The normalized spacial score (nSPS) is 16.3. The van der Waals surface area contributed by atoms with Gasteiger partial charge >= 0.3 is 0 Å². The minimum absolute atomic E-state index is 0.0103. The van der Waals surface area contributed by atoms with Crippen molar-refractivity contribution in [3.63, 3.8) is 0 Å². The first-order chi connectivity index (χ1) is 12.1. The predicted octanol–water partition coefficient (Wildman–Crippen LogP) is 2.02. The SMILES string of the molecule is CC(=O)c1cccc(-c2nc(CC3CCN(C)CC3)nn2CCO)c1. The Labute approximate surface area is 148 Å². The molecule has 0 saturated carbocycles. The van der Waals surface area contributed by atoms with Crippen LogP contribution in [0.2, 0.25) is 0 Å². The van der Waals surface area contributed by atoms with E-state index in [1.807, 2.05) is 18.2 Å². The van der Waals surface area contributed by atoms with Crippen LogP contribution in [-0.2, 0) is 13.0 Å². The predicted molar refractivity (Wildman–Crippen MR) is 96.5 cm³/mol. The van der Waals surface area contributed by atoms with E-state index in [2.05, 4.69) is 17.0 Å². The van der Waals surface area contributed by atoms with Crippen LogP contribution >= 0.6 is 0 Å². The molecule has 1 aliphatic heterocycles. The Kier molecular flexibility index (Phi) is 5.60. The first-order valence-corrected chi connectivity index (χ1v) is 8.91. The maximum absolute atomic E-state index is 11.6. The summed E-state index contributed by atoms with van der Waals surface area (Å²) in [6.07, 6.45) is 3.20. The number of hydrogen-bond acceptors (Lipinski definition) is 5. The van der Waals surface area contributed by atoms with Gasteiger partial charge in [-0.1, -0.05) is 18.2 Å². The molecule has 1 aliphatic rings. The van der Waals surface area contributed by atoms with E-state index in [1.165, 1.54) is 12.8 Å². The summed E-state index contributed by atoms with van der Waals surface area (Å²) >= 11 is 0. The van der Waals surface area contributed by atoms with Gasteiger partial charge in [0.1, 0.15) is 0 Å². The molecule has 2 aromatic rings. The highest BCUT2D eigenvalue weighted by Gasteiger charge is 2.20. The fourth-order valence-electron chi connectivity index (χ4n) is 3.34. The first kappa shape index (κ1) is 17.8. The van der Waals surface area contributed by atoms with E-state index >= 15 is 0 Å². The van der Waals surface area contributed by atoms with E-state index in [9.17, 15) is 9.90 Å². The largest absolute Gasteiger partial charge is 0.394 e. The molecular weight excluding hydrogens is 316 g/mol. The maximum Gasteiger partial charge on any atom is 0.159 e. The second kappa shape index (κ2) is 7.89. The summed E-state index contributed by atoms with van der Waals surface area (Å²) in [5.41, 5.74) is 1.52. The van der Waals surface area contributed by atoms with Crippen molar-refractivity contribution in [2.24, 2.45) is 5.92 Å².